The summed E-state index contributed by atoms with van der Waals surface area (Å²) in [6.45, 7) is 0. The van der Waals surface area contributed by atoms with Gasteiger partial charge in [-0.3, -0.25) is 14.9 Å². The van der Waals surface area contributed by atoms with Gasteiger partial charge in [0.25, 0.3) is 5.91 Å². The largest absolute Gasteiger partial charge is 0.481 e. The van der Waals surface area contributed by atoms with Crippen molar-refractivity contribution in [1.29, 1.82) is 0 Å². The fourth-order valence-electron chi connectivity index (χ4n) is 1.37. The molecule has 1 amide bonds. The Morgan fingerprint density at radius 3 is 2.63 bits per heavy atom. The summed E-state index contributed by atoms with van der Waals surface area (Å²) in [5.41, 5.74) is 0.432. The van der Waals surface area contributed by atoms with Crippen molar-refractivity contribution in [3.8, 4) is 0 Å². The number of aromatic nitrogens is 1. The highest BCUT2D eigenvalue weighted by Crippen LogP contribution is 2.10. The monoisotopic (exact) mass is 264 g/mol. The zero-order valence-corrected chi connectivity index (χ0v) is 9.59. The van der Waals surface area contributed by atoms with Crippen LogP contribution in [0.5, 0.6) is 0 Å². The lowest BCUT2D eigenvalue weighted by Crippen LogP contribution is -2.12. The van der Waals surface area contributed by atoms with E-state index in [1.54, 1.807) is 0 Å². The predicted molar refractivity (Wildman–Crippen MR) is 62.2 cm³/mol. The molecule has 2 rings (SSSR count). The number of halogens is 1. The number of carboxylic acids is 1. The third-order valence-corrected chi connectivity index (χ3v) is 2.21. The third kappa shape index (κ3) is 3.38. The normalized spacial score (nSPS) is 10.2. The van der Waals surface area contributed by atoms with Gasteiger partial charge in [0.05, 0.1) is 12.1 Å². The number of carbonyl (C=O) groups is 2. The molecule has 0 atom stereocenters. The van der Waals surface area contributed by atoms with Crippen LogP contribution in [-0.2, 0) is 11.2 Å². The van der Waals surface area contributed by atoms with Crippen LogP contribution in [0.15, 0.2) is 34.9 Å². The Morgan fingerprint density at radius 2 is 2.00 bits per heavy atom. The maximum Gasteiger partial charge on any atom is 0.309 e. The standard InChI is InChI=1S/C12H9FN2O4/c13-8-3-1-7(2-4-8)11(18)15-12-14-9(6-19-12)5-10(16)17/h1-4,6H,5H2,(H,16,17)(H,14,15,18). The Kier molecular flexibility index (Phi) is 3.56. The van der Waals surface area contributed by atoms with Gasteiger partial charge < -0.3 is 9.52 Å². The van der Waals surface area contributed by atoms with Crippen LogP contribution < -0.4 is 5.32 Å². The van der Waals surface area contributed by atoms with Gasteiger partial charge in [-0.2, -0.15) is 4.98 Å². The van der Waals surface area contributed by atoms with Gasteiger partial charge in [0.2, 0.25) is 0 Å². The van der Waals surface area contributed by atoms with Crippen LogP contribution in [0.25, 0.3) is 0 Å². The van der Waals surface area contributed by atoms with Crippen LogP contribution in [0.3, 0.4) is 0 Å². The molecule has 0 bridgehead atoms. The average Bonchev–Trinajstić information content (AvgIpc) is 2.76. The van der Waals surface area contributed by atoms with Crippen molar-refractivity contribution >= 4 is 17.9 Å². The SMILES string of the molecule is O=C(O)Cc1coc(NC(=O)c2ccc(F)cc2)n1. The zero-order chi connectivity index (χ0) is 13.8. The molecular formula is C12H9FN2O4. The number of carboxylic acid groups (broad SMARTS) is 1. The van der Waals surface area contributed by atoms with Gasteiger partial charge in [-0.15, -0.1) is 0 Å². The minimum absolute atomic E-state index is 0.106. The maximum atomic E-state index is 12.7. The Morgan fingerprint density at radius 1 is 1.32 bits per heavy atom. The second-order valence-electron chi connectivity index (χ2n) is 3.68. The van der Waals surface area contributed by atoms with E-state index in [2.05, 4.69) is 10.3 Å². The van der Waals surface area contributed by atoms with Crippen molar-refractivity contribution in [2.24, 2.45) is 0 Å². The summed E-state index contributed by atoms with van der Waals surface area (Å²) in [4.78, 5) is 25.9. The highest BCUT2D eigenvalue weighted by atomic mass is 19.1. The van der Waals surface area contributed by atoms with Crippen molar-refractivity contribution in [3.05, 3.63) is 47.6 Å². The van der Waals surface area contributed by atoms with Crippen LogP contribution in [0.1, 0.15) is 16.1 Å². The van der Waals surface area contributed by atoms with Crippen molar-refractivity contribution in [2.45, 2.75) is 6.42 Å². The summed E-state index contributed by atoms with van der Waals surface area (Å²) in [6.07, 6.45) is 0.852. The summed E-state index contributed by atoms with van der Waals surface area (Å²) in [6, 6.07) is 4.82. The summed E-state index contributed by atoms with van der Waals surface area (Å²) >= 11 is 0. The molecule has 0 fully saturated rings. The van der Waals surface area contributed by atoms with Crippen LogP contribution in [-0.4, -0.2) is 22.0 Å². The van der Waals surface area contributed by atoms with Crippen LogP contribution in [0.2, 0.25) is 0 Å². The number of benzene rings is 1. The molecule has 1 aromatic heterocycles. The van der Waals surface area contributed by atoms with E-state index in [9.17, 15) is 14.0 Å². The minimum atomic E-state index is -1.05. The molecule has 0 aliphatic carbocycles. The lowest BCUT2D eigenvalue weighted by atomic mass is 10.2. The second-order valence-corrected chi connectivity index (χ2v) is 3.68. The first-order valence-electron chi connectivity index (χ1n) is 5.28. The lowest BCUT2D eigenvalue weighted by molar-refractivity contribution is -0.136. The molecule has 0 radical (unpaired) electrons. The molecule has 0 aliphatic heterocycles. The van der Waals surface area contributed by atoms with Crippen molar-refractivity contribution < 1.29 is 23.5 Å². The molecule has 1 aromatic carbocycles. The summed E-state index contributed by atoms with van der Waals surface area (Å²) in [5, 5.41) is 10.9. The Labute approximate surface area is 106 Å². The summed E-state index contributed by atoms with van der Waals surface area (Å²) in [5.74, 6) is -2.02. The number of anilines is 1. The smallest absolute Gasteiger partial charge is 0.309 e. The number of amides is 1. The van der Waals surface area contributed by atoms with Crippen molar-refractivity contribution in [2.75, 3.05) is 5.32 Å². The van der Waals surface area contributed by atoms with E-state index in [-0.39, 0.29) is 23.7 Å². The molecule has 7 heteroatoms. The molecule has 2 aromatic rings. The first-order chi connectivity index (χ1) is 9.04. The van der Waals surface area contributed by atoms with E-state index in [1.165, 1.54) is 12.1 Å². The van der Waals surface area contributed by atoms with E-state index in [4.69, 9.17) is 9.52 Å². The Balaban J connectivity index is 2.04. The molecule has 0 aliphatic rings. The first kappa shape index (κ1) is 12.7. The van der Waals surface area contributed by atoms with Gasteiger partial charge in [-0.25, -0.2) is 4.39 Å². The highest BCUT2D eigenvalue weighted by molar-refractivity contribution is 6.03. The summed E-state index contributed by atoms with van der Waals surface area (Å²) in [7, 11) is 0. The molecule has 98 valence electrons. The van der Waals surface area contributed by atoms with E-state index < -0.39 is 17.7 Å². The van der Waals surface area contributed by atoms with Gasteiger partial charge in [0.15, 0.2) is 0 Å². The number of rotatable bonds is 4. The molecule has 0 unspecified atom stereocenters. The van der Waals surface area contributed by atoms with Gasteiger partial charge in [-0.1, -0.05) is 0 Å². The van der Waals surface area contributed by atoms with Crippen LogP contribution in [0, 0.1) is 5.82 Å². The summed E-state index contributed by atoms with van der Waals surface area (Å²) < 4.78 is 17.6. The maximum absolute atomic E-state index is 12.7. The zero-order valence-electron chi connectivity index (χ0n) is 9.59. The van der Waals surface area contributed by atoms with Gasteiger partial charge in [0, 0.05) is 5.56 Å². The molecule has 0 saturated carbocycles. The van der Waals surface area contributed by atoms with E-state index in [1.807, 2.05) is 0 Å². The molecule has 0 saturated heterocycles. The van der Waals surface area contributed by atoms with Gasteiger partial charge in [-0.05, 0) is 24.3 Å². The van der Waals surface area contributed by atoms with Crippen LogP contribution in [0.4, 0.5) is 10.4 Å². The number of hydrogen-bond donors (Lipinski definition) is 2. The Hall–Kier alpha value is -2.70. The molecule has 2 N–H and O–H groups in total. The van der Waals surface area contributed by atoms with E-state index in [0.29, 0.717) is 0 Å². The highest BCUT2D eigenvalue weighted by Gasteiger charge is 2.11. The third-order valence-electron chi connectivity index (χ3n) is 2.21. The first-order valence-corrected chi connectivity index (χ1v) is 5.28. The number of nitrogens with one attached hydrogen (secondary N) is 1. The predicted octanol–water partition coefficient (Wildman–Crippen LogP) is 1.69. The molecule has 1 heterocycles. The van der Waals surface area contributed by atoms with Gasteiger partial charge in [0.1, 0.15) is 12.1 Å². The molecule has 0 spiro atoms. The van der Waals surface area contributed by atoms with E-state index in [0.717, 1.165) is 18.4 Å². The van der Waals surface area contributed by atoms with Gasteiger partial charge >= 0.3 is 12.0 Å². The number of oxazole rings is 1. The van der Waals surface area contributed by atoms with Crippen molar-refractivity contribution in [3.63, 3.8) is 0 Å². The molecule has 6 nitrogen and oxygen atoms in total. The topological polar surface area (TPSA) is 92.4 Å². The van der Waals surface area contributed by atoms with E-state index >= 15 is 0 Å². The fourth-order valence-corrected chi connectivity index (χ4v) is 1.37. The van der Waals surface area contributed by atoms with Crippen LogP contribution >= 0.6 is 0 Å². The number of hydrogen-bond acceptors (Lipinski definition) is 4. The quantitative estimate of drug-likeness (QED) is 0.876. The fraction of sp³-hybridized carbons (Fsp3) is 0.0833. The van der Waals surface area contributed by atoms with Crippen molar-refractivity contribution in [1.82, 2.24) is 4.98 Å². The number of nitrogens with zero attached hydrogens (tertiary/aromatic N) is 1. The molecule has 19 heavy (non-hydrogen) atoms. The lowest BCUT2D eigenvalue weighted by Gasteiger charge is -2.00. The minimum Gasteiger partial charge on any atom is -0.481 e. The average molecular weight is 264 g/mol. The number of carbonyl (C=O) groups excluding carboxylic acids is 1. The second kappa shape index (κ2) is 5.30. The molecular weight excluding hydrogens is 255 g/mol. The number of aliphatic carboxylic acids is 1. The Bertz CT molecular complexity index is 606.